The maximum Gasteiger partial charge on any atom is 0.267 e. The number of hydrogen-bond donors (Lipinski definition) is 1. The average molecular weight is 389 g/mol. The molecule has 0 spiro atoms. The van der Waals surface area contributed by atoms with Gasteiger partial charge in [-0.25, -0.2) is 14.4 Å². The minimum atomic E-state index is -1.64. The van der Waals surface area contributed by atoms with E-state index < -0.39 is 5.60 Å². The predicted molar refractivity (Wildman–Crippen MR) is 108 cm³/mol. The molecule has 1 aliphatic heterocycles. The summed E-state index contributed by atoms with van der Waals surface area (Å²) in [7, 11) is 1.65. The number of aliphatic hydroxyl groups is 1. The first-order valence-electron chi connectivity index (χ1n) is 9.47. The molecule has 0 unspecified atom stereocenters. The number of carbonyl (C=O) groups is 1. The smallest absolute Gasteiger partial charge is 0.267 e. The fourth-order valence-corrected chi connectivity index (χ4v) is 3.45. The van der Waals surface area contributed by atoms with Crippen molar-refractivity contribution in [3.63, 3.8) is 0 Å². The van der Waals surface area contributed by atoms with Gasteiger partial charge < -0.3 is 10.0 Å². The van der Waals surface area contributed by atoms with Crippen LogP contribution in [0.4, 0.5) is 4.39 Å². The third-order valence-electron chi connectivity index (χ3n) is 5.12. The van der Waals surface area contributed by atoms with E-state index in [4.69, 9.17) is 0 Å². The number of fused-ring (bicyclic) bond motifs is 1. The first-order chi connectivity index (χ1) is 13.9. The van der Waals surface area contributed by atoms with E-state index in [-0.39, 0.29) is 18.1 Å². The summed E-state index contributed by atoms with van der Waals surface area (Å²) in [6.07, 6.45) is 0.980. The van der Waals surface area contributed by atoms with Crippen LogP contribution >= 0.6 is 0 Å². The van der Waals surface area contributed by atoms with E-state index in [1.807, 2.05) is 19.1 Å². The van der Waals surface area contributed by atoms with E-state index in [1.54, 1.807) is 25.2 Å². The summed E-state index contributed by atoms with van der Waals surface area (Å²) >= 11 is 0. The van der Waals surface area contributed by atoms with Gasteiger partial charge in [0.1, 0.15) is 5.82 Å². The Morgan fingerprint density at radius 3 is 2.79 bits per heavy atom. The number of aryl methyl sites for hydroxylation is 1. The highest BCUT2D eigenvalue weighted by atomic mass is 19.1. The molecule has 1 fully saturated rings. The van der Waals surface area contributed by atoms with Gasteiger partial charge in [-0.15, -0.1) is 0 Å². The lowest BCUT2D eigenvalue weighted by atomic mass is 10.0. The number of carbonyl (C=O) groups excluding carboxylic acids is 1. The number of hydrogen-bond acceptors (Lipinski definition) is 4. The van der Waals surface area contributed by atoms with E-state index in [1.165, 1.54) is 17.0 Å². The molecule has 1 N–H and O–H groups in total. The predicted octanol–water partition coefficient (Wildman–Crippen LogP) is 2.94. The topological polar surface area (TPSA) is 66.3 Å². The molecule has 0 radical (unpaired) electrons. The monoisotopic (exact) mass is 389 g/mol. The summed E-state index contributed by atoms with van der Waals surface area (Å²) < 4.78 is 13.7. The molecule has 4 rings (SSSR count). The van der Waals surface area contributed by atoms with Crippen LogP contribution in [-0.2, 0) is 11.2 Å². The number of amides is 1. The van der Waals surface area contributed by atoms with Gasteiger partial charge >= 0.3 is 0 Å². The zero-order valence-corrected chi connectivity index (χ0v) is 16.2. The van der Waals surface area contributed by atoms with Crippen molar-refractivity contribution in [1.82, 2.24) is 14.9 Å². The van der Waals surface area contributed by atoms with Gasteiger partial charge in [-0.1, -0.05) is 30.9 Å². The molecule has 2 aromatic carbocycles. The minimum Gasteiger partial charge on any atom is -0.369 e. The fraction of sp³-hybridized carbons (Fsp3) is 0.261. The largest absolute Gasteiger partial charge is 0.369 e. The number of benzene rings is 2. The Hall–Kier alpha value is -3.30. The lowest BCUT2D eigenvalue weighted by Gasteiger charge is -2.13. The summed E-state index contributed by atoms with van der Waals surface area (Å²) in [6.45, 7) is 2.47. The normalized spacial score (nSPS) is 18.8. The van der Waals surface area contributed by atoms with Crippen molar-refractivity contribution >= 4 is 16.8 Å². The molecule has 3 aromatic rings. The molecule has 29 heavy (non-hydrogen) atoms. The first-order valence-corrected chi connectivity index (χ1v) is 9.47. The van der Waals surface area contributed by atoms with E-state index in [0.717, 1.165) is 16.6 Å². The number of halogens is 1. The third kappa shape index (κ3) is 3.57. The Morgan fingerprint density at radius 2 is 2.07 bits per heavy atom. The van der Waals surface area contributed by atoms with Gasteiger partial charge in [0.05, 0.1) is 11.2 Å². The van der Waals surface area contributed by atoms with Gasteiger partial charge in [-0.2, -0.15) is 0 Å². The maximum absolute atomic E-state index is 13.7. The molecule has 1 atom stereocenters. The Balaban J connectivity index is 1.73. The van der Waals surface area contributed by atoms with E-state index in [2.05, 4.69) is 21.8 Å². The first kappa shape index (κ1) is 19.0. The maximum atomic E-state index is 13.7. The Morgan fingerprint density at radius 1 is 1.24 bits per heavy atom. The van der Waals surface area contributed by atoms with Crippen molar-refractivity contribution < 1.29 is 14.3 Å². The Labute approximate surface area is 168 Å². The van der Waals surface area contributed by atoms with Crippen molar-refractivity contribution in [3.05, 3.63) is 59.5 Å². The van der Waals surface area contributed by atoms with Gasteiger partial charge in [-0.3, -0.25) is 4.79 Å². The molecule has 2 heterocycles. The molecule has 146 valence electrons. The van der Waals surface area contributed by atoms with Gasteiger partial charge in [0.2, 0.25) is 5.60 Å². The molecule has 0 saturated carbocycles. The molecule has 5 nitrogen and oxygen atoms in total. The molecule has 0 aliphatic carbocycles. The number of likely N-dealkylation sites (N-methyl/N-ethyl adjacent to an activating group) is 1. The van der Waals surface area contributed by atoms with Crippen molar-refractivity contribution in [3.8, 4) is 23.2 Å². The second kappa shape index (κ2) is 7.26. The molecular formula is C23H20FN3O2. The fourth-order valence-electron chi connectivity index (χ4n) is 3.45. The van der Waals surface area contributed by atoms with Crippen LogP contribution in [0.2, 0.25) is 0 Å². The van der Waals surface area contributed by atoms with Crippen LogP contribution in [0.25, 0.3) is 22.3 Å². The average Bonchev–Trinajstić information content (AvgIpc) is 2.99. The summed E-state index contributed by atoms with van der Waals surface area (Å²) in [4.78, 5) is 22.7. The quantitative estimate of drug-likeness (QED) is 0.685. The highest BCUT2D eigenvalue weighted by Crippen LogP contribution is 2.24. The molecular weight excluding hydrogens is 369 g/mol. The van der Waals surface area contributed by atoms with Crippen molar-refractivity contribution in [1.29, 1.82) is 0 Å². The van der Waals surface area contributed by atoms with Crippen molar-refractivity contribution in [2.24, 2.45) is 0 Å². The minimum absolute atomic E-state index is 0.286. The lowest BCUT2D eigenvalue weighted by molar-refractivity contribution is -0.137. The van der Waals surface area contributed by atoms with E-state index >= 15 is 0 Å². The van der Waals surface area contributed by atoms with Crippen LogP contribution in [0.15, 0.2) is 42.5 Å². The highest BCUT2D eigenvalue weighted by molar-refractivity contribution is 5.90. The second-order valence-corrected chi connectivity index (χ2v) is 7.18. The molecule has 1 aliphatic rings. The van der Waals surface area contributed by atoms with Crippen LogP contribution in [-0.4, -0.2) is 45.1 Å². The van der Waals surface area contributed by atoms with E-state index in [0.29, 0.717) is 29.9 Å². The summed E-state index contributed by atoms with van der Waals surface area (Å²) in [6, 6.07) is 11.8. The number of rotatable bonds is 2. The number of nitrogens with zero attached hydrogens (tertiary/aromatic N) is 3. The van der Waals surface area contributed by atoms with Crippen LogP contribution in [0, 0.1) is 17.7 Å². The molecule has 6 heteroatoms. The van der Waals surface area contributed by atoms with Gasteiger partial charge in [0.15, 0.2) is 5.82 Å². The third-order valence-corrected chi connectivity index (χ3v) is 5.12. The summed E-state index contributed by atoms with van der Waals surface area (Å²) in [5.41, 5.74) is 1.13. The second-order valence-electron chi connectivity index (χ2n) is 7.18. The van der Waals surface area contributed by atoms with Crippen LogP contribution in [0.5, 0.6) is 0 Å². The van der Waals surface area contributed by atoms with Crippen molar-refractivity contribution in [2.75, 3.05) is 13.6 Å². The molecule has 0 bridgehead atoms. The van der Waals surface area contributed by atoms with Crippen LogP contribution < -0.4 is 0 Å². The molecule has 1 amide bonds. The SMILES string of the molecule is CCc1nc(-c2cccc(C#C[C@]3(O)CCN(C)C3=O)c2)nc2cc(F)ccc12. The molecule has 1 saturated heterocycles. The number of likely N-dealkylation sites (tertiary alicyclic amines) is 1. The summed E-state index contributed by atoms with van der Waals surface area (Å²) in [5, 5.41) is 11.3. The zero-order valence-electron chi connectivity index (χ0n) is 16.2. The zero-order chi connectivity index (χ0) is 20.6. The Bertz CT molecular complexity index is 1180. The van der Waals surface area contributed by atoms with Crippen LogP contribution in [0.3, 0.4) is 0 Å². The highest BCUT2D eigenvalue weighted by Gasteiger charge is 2.42. The number of aromatic nitrogens is 2. The van der Waals surface area contributed by atoms with Gasteiger partial charge in [0.25, 0.3) is 5.91 Å². The lowest BCUT2D eigenvalue weighted by Crippen LogP contribution is -2.37. The standard InChI is InChI=1S/C23H20FN3O2/c1-3-19-18-8-7-17(24)14-20(18)26-21(25-19)16-6-4-5-15(13-16)9-10-23(29)11-12-27(2)22(23)28/h4-8,13-14,29H,3,11-12H2,1-2H3/t23-/m0/s1. The van der Waals surface area contributed by atoms with Crippen LogP contribution in [0.1, 0.15) is 24.6 Å². The van der Waals surface area contributed by atoms with Gasteiger partial charge in [0, 0.05) is 42.6 Å². The summed E-state index contributed by atoms with van der Waals surface area (Å²) in [5.74, 6) is 5.38. The molecule has 1 aromatic heterocycles. The van der Waals surface area contributed by atoms with Crippen molar-refractivity contribution in [2.45, 2.75) is 25.4 Å². The Kier molecular flexibility index (Phi) is 4.77. The van der Waals surface area contributed by atoms with Gasteiger partial charge in [-0.05, 0) is 30.7 Å². The van der Waals surface area contributed by atoms with E-state index in [9.17, 15) is 14.3 Å².